The van der Waals surface area contributed by atoms with Gasteiger partial charge >= 0.3 is 0 Å². The van der Waals surface area contributed by atoms with Crippen LogP contribution in [0.4, 0.5) is 8.78 Å². The van der Waals surface area contributed by atoms with Crippen LogP contribution in [-0.4, -0.2) is 56.3 Å². The lowest BCUT2D eigenvalue weighted by Gasteiger charge is -2.34. The number of nitrogens with zero attached hydrogens (tertiary/aromatic N) is 2. The molecule has 1 saturated heterocycles. The standard InChI is InChI=1S/C19H20F2N2O4S/c20-15-4-3-5-16(14-15)28(25,26)23-11-9-22(10-12-23)19(24)8-13-27-18-7-2-1-6-17(18)21/h1-7,14H,8-13H2. The lowest BCUT2D eigenvalue weighted by molar-refractivity contribution is -0.132. The second-order valence-corrected chi connectivity index (χ2v) is 8.21. The monoisotopic (exact) mass is 410 g/mol. The molecular weight excluding hydrogens is 390 g/mol. The fraction of sp³-hybridized carbons (Fsp3) is 0.316. The minimum atomic E-state index is -3.80. The van der Waals surface area contributed by atoms with E-state index in [4.69, 9.17) is 4.74 Å². The topological polar surface area (TPSA) is 66.9 Å². The van der Waals surface area contributed by atoms with Crippen molar-refractivity contribution >= 4 is 15.9 Å². The molecule has 0 unspecified atom stereocenters. The van der Waals surface area contributed by atoms with Crippen molar-refractivity contribution < 1.29 is 26.7 Å². The molecule has 0 saturated carbocycles. The summed E-state index contributed by atoms with van der Waals surface area (Å²) in [5.41, 5.74) is 0. The molecule has 150 valence electrons. The zero-order valence-electron chi connectivity index (χ0n) is 15.1. The molecule has 6 nitrogen and oxygen atoms in total. The molecule has 0 radical (unpaired) electrons. The van der Waals surface area contributed by atoms with E-state index >= 15 is 0 Å². The minimum Gasteiger partial charge on any atom is -0.490 e. The molecule has 0 N–H and O–H groups in total. The predicted molar refractivity (Wildman–Crippen MR) is 98.3 cm³/mol. The number of piperazine rings is 1. The molecule has 1 aliphatic heterocycles. The fourth-order valence-corrected chi connectivity index (χ4v) is 4.38. The first kappa shape index (κ1) is 20.2. The van der Waals surface area contributed by atoms with Crippen LogP contribution in [0.5, 0.6) is 5.75 Å². The minimum absolute atomic E-state index is 0.0293. The highest BCUT2D eigenvalue weighted by molar-refractivity contribution is 7.89. The maximum absolute atomic E-state index is 13.5. The Bertz CT molecular complexity index is 944. The van der Waals surface area contributed by atoms with Gasteiger partial charge in [0.15, 0.2) is 11.6 Å². The Morgan fingerprint density at radius 2 is 1.71 bits per heavy atom. The van der Waals surface area contributed by atoms with Gasteiger partial charge in [-0.15, -0.1) is 0 Å². The first-order chi connectivity index (χ1) is 13.4. The lowest BCUT2D eigenvalue weighted by atomic mass is 10.3. The van der Waals surface area contributed by atoms with Gasteiger partial charge in [-0.05, 0) is 30.3 Å². The van der Waals surface area contributed by atoms with Crippen molar-refractivity contribution in [3.8, 4) is 5.75 Å². The molecule has 1 heterocycles. The van der Waals surface area contributed by atoms with E-state index < -0.39 is 21.7 Å². The second-order valence-electron chi connectivity index (χ2n) is 6.27. The van der Waals surface area contributed by atoms with Crippen LogP contribution in [0.3, 0.4) is 0 Å². The number of rotatable bonds is 6. The summed E-state index contributed by atoms with van der Waals surface area (Å²) in [5, 5.41) is 0. The van der Waals surface area contributed by atoms with Crippen LogP contribution in [0.1, 0.15) is 6.42 Å². The Kier molecular flexibility index (Phi) is 6.25. The molecule has 1 aliphatic rings. The van der Waals surface area contributed by atoms with Gasteiger partial charge in [-0.25, -0.2) is 17.2 Å². The van der Waals surface area contributed by atoms with Crippen molar-refractivity contribution in [2.24, 2.45) is 0 Å². The number of para-hydroxylation sites is 1. The van der Waals surface area contributed by atoms with Gasteiger partial charge in [0.05, 0.1) is 17.9 Å². The molecule has 2 aromatic rings. The Hall–Kier alpha value is -2.52. The van der Waals surface area contributed by atoms with E-state index in [-0.39, 0.29) is 55.8 Å². The molecule has 1 amide bonds. The maximum atomic E-state index is 13.5. The van der Waals surface area contributed by atoms with Gasteiger partial charge in [-0.1, -0.05) is 18.2 Å². The Morgan fingerprint density at radius 3 is 2.39 bits per heavy atom. The summed E-state index contributed by atoms with van der Waals surface area (Å²) >= 11 is 0. The first-order valence-electron chi connectivity index (χ1n) is 8.79. The van der Waals surface area contributed by atoms with Crippen LogP contribution in [0.25, 0.3) is 0 Å². The number of amides is 1. The summed E-state index contributed by atoms with van der Waals surface area (Å²) < 4.78 is 58.5. The quantitative estimate of drug-likeness (QED) is 0.733. The predicted octanol–water partition coefficient (Wildman–Crippen LogP) is 2.27. The SMILES string of the molecule is O=C(CCOc1ccccc1F)N1CCN(S(=O)(=O)c2cccc(F)c2)CC1. The smallest absolute Gasteiger partial charge is 0.243 e. The summed E-state index contributed by atoms with van der Waals surface area (Å²) in [6.07, 6.45) is 0.0605. The molecule has 0 aliphatic carbocycles. The van der Waals surface area contributed by atoms with Crippen molar-refractivity contribution in [1.82, 2.24) is 9.21 Å². The molecule has 0 bridgehead atoms. The van der Waals surface area contributed by atoms with Crippen LogP contribution >= 0.6 is 0 Å². The number of hydrogen-bond acceptors (Lipinski definition) is 4. The average molecular weight is 410 g/mol. The average Bonchev–Trinajstić information content (AvgIpc) is 2.69. The molecule has 9 heteroatoms. The largest absolute Gasteiger partial charge is 0.490 e. The maximum Gasteiger partial charge on any atom is 0.243 e. The van der Waals surface area contributed by atoms with Gasteiger partial charge in [0.2, 0.25) is 15.9 Å². The number of carbonyl (C=O) groups excluding carboxylic acids is 1. The molecular formula is C19H20F2N2O4S. The number of benzene rings is 2. The normalized spacial score (nSPS) is 15.4. The van der Waals surface area contributed by atoms with E-state index in [9.17, 15) is 22.0 Å². The van der Waals surface area contributed by atoms with Crippen molar-refractivity contribution in [2.45, 2.75) is 11.3 Å². The Balaban J connectivity index is 1.50. The molecule has 1 fully saturated rings. The van der Waals surface area contributed by atoms with E-state index in [1.165, 1.54) is 34.6 Å². The van der Waals surface area contributed by atoms with Crippen LogP contribution in [0, 0.1) is 11.6 Å². The van der Waals surface area contributed by atoms with Crippen LogP contribution < -0.4 is 4.74 Å². The highest BCUT2D eigenvalue weighted by Gasteiger charge is 2.30. The van der Waals surface area contributed by atoms with E-state index in [2.05, 4.69) is 0 Å². The number of ether oxygens (including phenoxy) is 1. The van der Waals surface area contributed by atoms with Gasteiger partial charge in [0.25, 0.3) is 0 Å². The third kappa shape index (κ3) is 4.66. The van der Waals surface area contributed by atoms with Crippen LogP contribution in [-0.2, 0) is 14.8 Å². The molecule has 2 aromatic carbocycles. The molecule has 0 spiro atoms. The van der Waals surface area contributed by atoms with Gasteiger partial charge in [-0.3, -0.25) is 4.79 Å². The van der Waals surface area contributed by atoms with Crippen molar-refractivity contribution in [1.29, 1.82) is 0 Å². The summed E-state index contributed by atoms with van der Waals surface area (Å²) in [6.45, 7) is 0.735. The number of hydrogen-bond donors (Lipinski definition) is 0. The second kappa shape index (κ2) is 8.66. The Morgan fingerprint density at radius 1 is 1.00 bits per heavy atom. The Labute approximate surface area is 162 Å². The summed E-state index contributed by atoms with van der Waals surface area (Å²) in [6, 6.07) is 10.8. The first-order valence-corrected chi connectivity index (χ1v) is 10.2. The highest BCUT2D eigenvalue weighted by Crippen LogP contribution is 2.19. The molecule has 0 aromatic heterocycles. The van der Waals surface area contributed by atoms with Gasteiger partial charge in [0, 0.05) is 26.2 Å². The van der Waals surface area contributed by atoms with Crippen LogP contribution in [0.2, 0.25) is 0 Å². The summed E-state index contributed by atoms with van der Waals surface area (Å²) in [5.74, 6) is -1.23. The fourth-order valence-electron chi connectivity index (χ4n) is 2.92. The summed E-state index contributed by atoms with van der Waals surface area (Å²) in [4.78, 5) is 13.7. The summed E-state index contributed by atoms with van der Waals surface area (Å²) in [7, 11) is -3.80. The van der Waals surface area contributed by atoms with Crippen LogP contribution in [0.15, 0.2) is 53.4 Å². The van der Waals surface area contributed by atoms with Gasteiger partial charge in [0.1, 0.15) is 5.82 Å². The number of carbonyl (C=O) groups is 1. The van der Waals surface area contributed by atoms with Gasteiger partial charge in [-0.2, -0.15) is 4.31 Å². The zero-order chi connectivity index (χ0) is 20.1. The highest BCUT2D eigenvalue weighted by atomic mass is 32.2. The van der Waals surface area contributed by atoms with Crippen molar-refractivity contribution in [3.05, 3.63) is 60.2 Å². The van der Waals surface area contributed by atoms with E-state index in [0.29, 0.717) is 0 Å². The number of halogens is 2. The molecule has 0 atom stereocenters. The lowest BCUT2D eigenvalue weighted by Crippen LogP contribution is -2.50. The van der Waals surface area contributed by atoms with E-state index in [1.807, 2.05) is 0 Å². The molecule has 28 heavy (non-hydrogen) atoms. The van der Waals surface area contributed by atoms with Crippen molar-refractivity contribution in [2.75, 3.05) is 32.8 Å². The van der Waals surface area contributed by atoms with Crippen molar-refractivity contribution in [3.63, 3.8) is 0 Å². The van der Waals surface area contributed by atoms with E-state index in [1.54, 1.807) is 17.0 Å². The number of sulfonamides is 1. The molecule has 3 rings (SSSR count). The van der Waals surface area contributed by atoms with E-state index in [0.717, 1.165) is 6.07 Å². The third-order valence-corrected chi connectivity index (χ3v) is 6.33. The van der Waals surface area contributed by atoms with Gasteiger partial charge < -0.3 is 9.64 Å². The zero-order valence-corrected chi connectivity index (χ0v) is 15.9. The third-order valence-electron chi connectivity index (χ3n) is 4.44.